The zero-order chi connectivity index (χ0) is 14.0. The molecule has 0 unspecified atom stereocenters. The number of hydrogen-bond donors (Lipinski definition) is 0. The van der Waals surface area contributed by atoms with Gasteiger partial charge in [0.2, 0.25) is 0 Å². The number of nitrogens with zero attached hydrogens (tertiary/aromatic N) is 2. The molecule has 0 aliphatic heterocycles. The minimum absolute atomic E-state index is 0.0231. The van der Waals surface area contributed by atoms with Crippen LogP contribution < -0.4 is 4.74 Å². The lowest BCUT2D eigenvalue weighted by molar-refractivity contribution is 0.473. The Labute approximate surface area is 115 Å². The highest BCUT2D eigenvalue weighted by Gasteiger charge is 2.11. The first-order valence-corrected chi connectivity index (χ1v) is 5.90. The van der Waals surface area contributed by atoms with Crippen LogP contribution in [0.25, 0.3) is 0 Å². The van der Waals surface area contributed by atoms with Gasteiger partial charge in [-0.1, -0.05) is 11.6 Å². The van der Waals surface area contributed by atoms with E-state index >= 15 is 0 Å². The van der Waals surface area contributed by atoms with Gasteiger partial charge in [0.05, 0.1) is 10.7 Å². The Hall–Kier alpha value is -2.12. The number of ether oxygens (including phenoxy) is 1. The fraction of sp³-hybridized carbons (Fsp3) is 0.143. The minimum Gasteiger partial charge on any atom is -0.456 e. The predicted molar refractivity (Wildman–Crippen MR) is 69.9 cm³/mol. The van der Waals surface area contributed by atoms with Gasteiger partial charge in [0.1, 0.15) is 28.9 Å². The van der Waals surface area contributed by atoms with E-state index in [2.05, 4.69) is 4.98 Å². The van der Waals surface area contributed by atoms with Gasteiger partial charge in [-0.25, -0.2) is 4.39 Å². The van der Waals surface area contributed by atoms with E-state index in [0.29, 0.717) is 17.0 Å². The summed E-state index contributed by atoms with van der Waals surface area (Å²) in [5.74, 6) is 0.0674. The molecule has 96 valence electrons. The first-order valence-electron chi connectivity index (χ1n) is 5.52. The van der Waals surface area contributed by atoms with Gasteiger partial charge >= 0.3 is 0 Å². The summed E-state index contributed by atoms with van der Waals surface area (Å²) in [6.07, 6.45) is 0. The fourth-order valence-corrected chi connectivity index (χ4v) is 1.79. The minimum atomic E-state index is -0.569. The Kier molecular flexibility index (Phi) is 3.68. The fourth-order valence-electron chi connectivity index (χ4n) is 1.68. The van der Waals surface area contributed by atoms with Crippen molar-refractivity contribution in [2.45, 2.75) is 13.8 Å². The van der Waals surface area contributed by atoms with Gasteiger partial charge in [-0.2, -0.15) is 5.26 Å². The molecule has 5 heteroatoms. The Morgan fingerprint density at radius 2 is 2.05 bits per heavy atom. The van der Waals surface area contributed by atoms with Crippen molar-refractivity contribution >= 4 is 11.6 Å². The highest BCUT2D eigenvalue weighted by molar-refractivity contribution is 6.30. The summed E-state index contributed by atoms with van der Waals surface area (Å²) < 4.78 is 18.9. The molecule has 1 heterocycles. The van der Waals surface area contributed by atoms with Crippen molar-refractivity contribution in [3.05, 3.63) is 52.1 Å². The molecular formula is C14H10ClFN2O. The van der Waals surface area contributed by atoms with Gasteiger partial charge in [0, 0.05) is 17.8 Å². The van der Waals surface area contributed by atoms with Crippen molar-refractivity contribution in [1.82, 2.24) is 4.98 Å². The monoisotopic (exact) mass is 276 g/mol. The number of aromatic nitrogens is 1. The van der Waals surface area contributed by atoms with Gasteiger partial charge < -0.3 is 4.74 Å². The number of pyridine rings is 1. The van der Waals surface area contributed by atoms with Crippen LogP contribution in [0, 0.1) is 31.0 Å². The second-order valence-corrected chi connectivity index (χ2v) is 4.42. The first-order chi connectivity index (χ1) is 9.01. The van der Waals surface area contributed by atoms with Crippen LogP contribution in [0.4, 0.5) is 4.39 Å². The molecule has 0 saturated heterocycles. The third-order valence-electron chi connectivity index (χ3n) is 2.52. The Balaban J connectivity index is 2.43. The van der Waals surface area contributed by atoms with Crippen LogP contribution in [0.1, 0.15) is 17.0 Å². The maximum atomic E-state index is 13.3. The van der Waals surface area contributed by atoms with E-state index < -0.39 is 5.82 Å². The topological polar surface area (TPSA) is 45.9 Å². The molecule has 0 bridgehead atoms. The molecule has 1 aromatic heterocycles. The van der Waals surface area contributed by atoms with Crippen molar-refractivity contribution in [3.8, 4) is 17.6 Å². The zero-order valence-electron chi connectivity index (χ0n) is 10.4. The third kappa shape index (κ3) is 2.83. The van der Waals surface area contributed by atoms with Crippen LogP contribution in [0.15, 0.2) is 24.3 Å². The summed E-state index contributed by atoms with van der Waals surface area (Å²) in [6, 6.07) is 7.78. The maximum Gasteiger partial charge on any atom is 0.148 e. The molecule has 19 heavy (non-hydrogen) atoms. The summed E-state index contributed by atoms with van der Waals surface area (Å²) in [7, 11) is 0. The Bertz CT molecular complexity index is 680. The smallest absolute Gasteiger partial charge is 0.148 e. The second kappa shape index (κ2) is 5.25. The van der Waals surface area contributed by atoms with Gasteiger partial charge in [0.25, 0.3) is 0 Å². The first kappa shape index (κ1) is 13.3. The predicted octanol–water partition coefficient (Wildman–Crippen LogP) is 4.15. The third-order valence-corrected chi connectivity index (χ3v) is 2.83. The summed E-state index contributed by atoms with van der Waals surface area (Å²) in [5.41, 5.74) is 1.63. The van der Waals surface area contributed by atoms with Crippen LogP contribution in [-0.4, -0.2) is 4.98 Å². The number of nitriles is 1. The lowest BCUT2D eigenvalue weighted by atomic mass is 10.2. The molecular weight excluding hydrogens is 267 g/mol. The maximum absolute atomic E-state index is 13.3. The number of halogens is 2. The molecule has 0 spiro atoms. The lowest BCUT2D eigenvalue weighted by Gasteiger charge is -2.10. The molecule has 0 saturated carbocycles. The van der Waals surface area contributed by atoms with Crippen molar-refractivity contribution in [2.75, 3.05) is 0 Å². The number of rotatable bonds is 2. The van der Waals surface area contributed by atoms with E-state index in [-0.39, 0.29) is 10.8 Å². The zero-order valence-corrected chi connectivity index (χ0v) is 11.1. The van der Waals surface area contributed by atoms with E-state index in [9.17, 15) is 4.39 Å². The highest BCUT2D eigenvalue weighted by atomic mass is 35.5. The lowest BCUT2D eigenvalue weighted by Crippen LogP contribution is -1.96. The van der Waals surface area contributed by atoms with Crippen molar-refractivity contribution in [3.63, 3.8) is 0 Å². The van der Waals surface area contributed by atoms with E-state index in [1.54, 1.807) is 19.9 Å². The quantitative estimate of drug-likeness (QED) is 0.827. The largest absolute Gasteiger partial charge is 0.456 e. The Morgan fingerprint density at radius 3 is 2.68 bits per heavy atom. The summed E-state index contributed by atoms with van der Waals surface area (Å²) >= 11 is 5.60. The molecule has 0 amide bonds. The van der Waals surface area contributed by atoms with E-state index in [1.165, 1.54) is 18.2 Å². The molecule has 0 atom stereocenters. The van der Waals surface area contributed by atoms with Crippen molar-refractivity contribution < 1.29 is 9.13 Å². The SMILES string of the molecule is Cc1cc(Oc2ccc(Cl)c(F)c2)c(C#N)c(C)n1. The average molecular weight is 277 g/mol. The number of hydrogen-bond acceptors (Lipinski definition) is 3. The van der Waals surface area contributed by atoms with Crippen LogP contribution in [-0.2, 0) is 0 Å². The van der Waals surface area contributed by atoms with E-state index in [4.69, 9.17) is 21.6 Å². The van der Waals surface area contributed by atoms with E-state index in [1.807, 2.05) is 6.07 Å². The van der Waals surface area contributed by atoms with Crippen LogP contribution >= 0.6 is 11.6 Å². The molecule has 1 aromatic carbocycles. The number of benzene rings is 1. The average Bonchev–Trinajstić information content (AvgIpc) is 2.33. The molecule has 3 nitrogen and oxygen atoms in total. The van der Waals surface area contributed by atoms with Crippen LogP contribution in [0.3, 0.4) is 0 Å². The van der Waals surface area contributed by atoms with Crippen molar-refractivity contribution in [2.24, 2.45) is 0 Å². The molecule has 0 aliphatic carbocycles. The molecule has 0 radical (unpaired) electrons. The van der Waals surface area contributed by atoms with Gasteiger partial charge in [0.15, 0.2) is 0 Å². The van der Waals surface area contributed by atoms with Gasteiger partial charge in [-0.05, 0) is 26.0 Å². The second-order valence-electron chi connectivity index (χ2n) is 4.01. The summed E-state index contributed by atoms with van der Waals surface area (Å²) in [5, 5.41) is 9.12. The summed E-state index contributed by atoms with van der Waals surface area (Å²) in [4.78, 5) is 4.18. The van der Waals surface area contributed by atoms with Crippen LogP contribution in [0.2, 0.25) is 5.02 Å². The highest BCUT2D eigenvalue weighted by Crippen LogP contribution is 2.29. The Morgan fingerprint density at radius 1 is 1.32 bits per heavy atom. The van der Waals surface area contributed by atoms with Crippen LogP contribution in [0.5, 0.6) is 11.5 Å². The molecule has 0 aliphatic rings. The van der Waals surface area contributed by atoms with E-state index in [0.717, 1.165) is 5.69 Å². The molecule has 2 aromatic rings. The molecule has 0 N–H and O–H groups in total. The normalized spacial score (nSPS) is 10.1. The van der Waals surface area contributed by atoms with Gasteiger partial charge in [-0.3, -0.25) is 4.98 Å². The van der Waals surface area contributed by atoms with Gasteiger partial charge in [-0.15, -0.1) is 0 Å². The number of aryl methyl sites for hydroxylation is 2. The molecule has 0 fully saturated rings. The summed E-state index contributed by atoms with van der Waals surface area (Å²) in [6.45, 7) is 3.52. The standard InChI is InChI=1S/C14H10ClFN2O/c1-8-5-14(11(7-17)9(2)18-8)19-10-3-4-12(15)13(16)6-10/h3-6H,1-2H3. The molecule has 2 rings (SSSR count). The van der Waals surface area contributed by atoms with Crippen molar-refractivity contribution in [1.29, 1.82) is 5.26 Å².